The number of methoxy groups -OCH3 is 1. The number of benzene rings is 3. The molecule has 0 aliphatic carbocycles. The fraction of sp³-hybridized carbons (Fsp3) is 0.345. The molecule has 1 atom stereocenters. The Kier molecular flexibility index (Phi) is 8.08. The van der Waals surface area contributed by atoms with Crippen LogP contribution in [0.15, 0.2) is 72.8 Å². The van der Waals surface area contributed by atoms with Gasteiger partial charge in [0.25, 0.3) is 0 Å². The van der Waals surface area contributed by atoms with Crippen molar-refractivity contribution in [2.75, 3.05) is 13.7 Å². The first kappa shape index (κ1) is 23.7. The molecule has 0 spiro atoms. The molecule has 34 heavy (non-hydrogen) atoms. The average Bonchev–Trinajstić information content (AvgIpc) is 3.25. The van der Waals surface area contributed by atoms with Crippen LogP contribution in [0.2, 0.25) is 0 Å². The molecule has 178 valence electrons. The molecule has 4 rings (SSSR count). The van der Waals surface area contributed by atoms with Crippen molar-refractivity contribution in [2.24, 2.45) is 0 Å². The van der Waals surface area contributed by atoms with Gasteiger partial charge in [-0.15, -0.1) is 0 Å². The van der Waals surface area contributed by atoms with Gasteiger partial charge in [0.05, 0.1) is 24.8 Å². The molecule has 1 unspecified atom stereocenters. The number of fused-ring (bicyclic) bond motifs is 1. The van der Waals surface area contributed by atoms with E-state index < -0.39 is 0 Å². The third-order valence-electron chi connectivity index (χ3n) is 6.27. The van der Waals surface area contributed by atoms with E-state index >= 15 is 0 Å². The number of hydrogen-bond donors (Lipinski definition) is 0. The van der Waals surface area contributed by atoms with Crippen molar-refractivity contribution in [3.05, 3.63) is 84.2 Å². The summed E-state index contributed by atoms with van der Waals surface area (Å²) in [5.74, 6) is 4.06. The van der Waals surface area contributed by atoms with E-state index in [1.165, 1.54) is 5.56 Å². The Labute approximate surface area is 202 Å². The van der Waals surface area contributed by atoms with Gasteiger partial charge in [-0.05, 0) is 79.3 Å². The highest BCUT2D eigenvalue weighted by atomic mass is 16.5. The number of unbranched alkanes of at least 4 members (excludes halogenated alkanes) is 1. The van der Waals surface area contributed by atoms with Crippen LogP contribution in [-0.4, -0.2) is 23.3 Å². The Morgan fingerprint density at radius 3 is 2.24 bits per heavy atom. The van der Waals surface area contributed by atoms with Gasteiger partial charge in [0.1, 0.15) is 29.7 Å². The van der Waals surface area contributed by atoms with Crippen molar-refractivity contribution in [3.63, 3.8) is 0 Å². The van der Waals surface area contributed by atoms with E-state index in [0.29, 0.717) is 19.1 Å². The molecule has 0 saturated heterocycles. The number of imidazole rings is 1. The molecular formula is C29H34N2O3. The fourth-order valence-corrected chi connectivity index (χ4v) is 4.00. The van der Waals surface area contributed by atoms with Crippen LogP contribution >= 0.6 is 0 Å². The molecule has 0 saturated carbocycles. The van der Waals surface area contributed by atoms with Crippen LogP contribution in [0.25, 0.3) is 11.0 Å². The summed E-state index contributed by atoms with van der Waals surface area (Å²) in [6.07, 6.45) is 3.12. The second kappa shape index (κ2) is 11.6. The van der Waals surface area contributed by atoms with Crippen molar-refractivity contribution in [2.45, 2.75) is 52.2 Å². The van der Waals surface area contributed by atoms with Crippen molar-refractivity contribution < 1.29 is 14.2 Å². The molecule has 0 bridgehead atoms. The summed E-state index contributed by atoms with van der Waals surface area (Å²) in [5.41, 5.74) is 3.50. The van der Waals surface area contributed by atoms with Gasteiger partial charge < -0.3 is 18.8 Å². The Bertz CT molecular complexity index is 1170. The minimum absolute atomic E-state index is 0.417. The Morgan fingerprint density at radius 2 is 1.50 bits per heavy atom. The highest BCUT2D eigenvalue weighted by molar-refractivity contribution is 5.75. The number of ether oxygens (including phenoxy) is 3. The molecule has 0 N–H and O–H groups in total. The summed E-state index contributed by atoms with van der Waals surface area (Å²) in [5, 5.41) is 0. The SMILES string of the molecule is CCC(C)c1ccc(OCCCCn2c(COc3ccc(OC)cc3)nc3ccccc32)cc1. The first-order valence-electron chi connectivity index (χ1n) is 12.1. The molecule has 0 aliphatic heterocycles. The maximum atomic E-state index is 6.02. The largest absolute Gasteiger partial charge is 0.497 e. The van der Waals surface area contributed by atoms with Gasteiger partial charge in [-0.3, -0.25) is 0 Å². The summed E-state index contributed by atoms with van der Waals surface area (Å²) < 4.78 is 19.5. The van der Waals surface area contributed by atoms with Gasteiger partial charge in [-0.2, -0.15) is 0 Å². The minimum Gasteiger partial charge on any atom is -0.497 e. The highest BCUT2D eigenvalue weighted by Crippen LogP contribution is 2.23. The van der Waals surface area contributed by atoms with Crippen LogP contribution in [0.3, 0.4) is 0 Å². The molecule has 4 aromatic rings. The monoisotopic (exact) mass is 458 g/mol. The van der Waals surface area contributed by atoms with Crippen molar-refractivity contribution in [3.8, 4) is 17.2 Å². The van der Waals surface area contributed by atoms with Crippen molar-refractivity contribution in [1.82, 2.24) is 9.55 Å². The van der Waals surface area contributed by atoms with E-state index in [9.17, 15) is 0 Å². The lowest BCUT2D eigenvalue weighted by Crippen LogP contribution is -2.09. The smallest absolute Gasteiger partial charge is 0.147 e. The van der Waals surface area contributed by atoms with Crippen LogP contribution in [0.1, 0.15) is 50.4 Å². The maximum Gasteiger partial charge on any atom is 0.147 e. The average molecular weight is 459 g/mol. The van der Waals surface area contributed by atoms with Crippen LogP contribution in [0.4, 0.5) is 0 Å². The lowest BCUT2D eigenvalue weighted by molar-refractivity contribution is 0.284. The van der Waals surface area contributed by atoms with E-state index in [-0.39, 0.29) is 0 Å². The van der Waals surface area contributed by atoms with Crippen LogP contribution in [0, 0.1) is 0 Å². The minimum atomic E-state index is 0.417. The zero-order valence-electron chi connectivity index (χ0n) is 20.4. The molecule has 5 heteroatoms. The van der Waals surface area contributed by atoms with Gasteiger partial charge >= 0.3 is 0 Å². The molecule has 5 nitrogen and oxygen atoms in total. The molecular weight excluding hydrogens is 424 g/mol. The molecule has 0 radical (unpaired) electrons. The van der Waals surface area contributed by atoms with E-state index in [2.05, 4.69) is 60.9 Å². The number of rotatable bonds is 12. The normalized spacial score (nSPS) is 12.0. The summed E-state index contributed by atoms with van der Waals surface area (Å²) in [6, 6.07) is 24.4. The lowest BCUT2D eigenvalue weighted by atomic mass is 9.99. The topological polar surface area (TPSA) is 45.5 Å². The van der Waals surface area contributed by atoms with Gasteiger partial charge in [0, 0.05) is 6.54 Å². The second-order valence-electron chi connectivity index (χ2n) is 8.57. The summed E-state index contributed by atoms with van der Waals surface area (Å²) >= 11 is 0. The maximum absolute atomic E-state index is 6.02. The Morgan fingerprint density at radius 1 is 0.824 bits per heavy atom. The van der Waals surface area contributed by atoms with Crippen molar-refractivity contribution >= 4 is 11.0 Å². The van der Waals surface area contributed by atoms with Crippen LogP contribution < -0.4 is 14.2 Å². The van der Waals surface area contributed by atoms with Gasteiger partial charge in [-0.25, -0.2) is 4.98 Å². The first-order valence-corrected chi connectivity index (χ1v) is 12.1. The quantitative estimate of drug-likeness (QED) is 0.215. The third-order valence-corrected chi connectivity index (χ3v) is 6.27. The van der Waals surface area contributed by atoms with Crippen molar-refractivity contribution in [1.29, 1.82) is 0 Å². The molecule has 0 fully saturated rings. The fourth-order valence-electron chi connectivity index (χ4n) is 4.00. The number of aromatic nitrogens is 2. The lowest BCUT2D eigenvalue weighted by Gasteiger charge is -2.12. The zero-order valence-corrected chi connectivity index (χ0v) is 20.4. The summed E-state index contributed by atoms with van der Waals surface area (Å²) in [6.45, 7) is 6.46. The standard InChI is InChI=1S/C29H34N2O3/c1-4-22(2)23-11-13-25(14-12-23)33-20-8-7-19-31-28-10-6-5-9-27(28)30-29(31)21-34-26-17-15-24(32-3)16-18-26/h5-6,9-18,22H,4,7-8,19-21H2,1-3H3. The predicted octanol–water partition coefficient (Wildman–Crippen LogP) is 7.00. The summed E-state index contributed by atoms with van der Waals surface area (Å²) in [4.78, 5) is 4.82. The molecule has 0 aliphatic rings. The third kappa shape index (κ3) is 5.90. The Hall–Kier alpha value is -3.47. The van der Waals surface area contributed by atoms with Crippen LogP contribution in [0.5, 0.6) is 17.2 Å². The Balaban J connectivity index is 1.32. The second-order valence-corrected chi connectivity index (χ2v) is 8.57. The van der Waals surface area contributed by atoms with E-state index in [4.69, 9.17) is 19.2 Å². The van der Waals surface area contributed by atoms with Gasteiger partial charge in [-0.1, -0.05) is 38.1 Å². The van der Waals surface area contributed by atoms with Gasteiger partial charge in [0.2, 0.25) is 0 Å². The van der Waals surface area contributed by atoms with Crippen LogP contribution in [-0.2, 0) is 13.2 Å². The molecule has 3 aromatic carbocycles. The molecule has 1 heterocycles. The van der Waals surface area contributed by atoms with E-state index in [0.717, 1.165) is 59.9 Å². The number of nitrogens with zero attached hydrogens (tertiary/aromatic N) is 2. The molecule has 0 amide bonds. The predicted molar refractivity (Wildman–Crippen MR) is 137 cm³/mol. The number of hydrogen-bond acceptors (Lipinski definition) is 4. The highest BCUT2D eigenvalue weighted by Gasteiger charge is 2.11. The summed E-state index contributed by atoms with van der Waals surface area (Å²) in [7, 11) is 1.66. The number of para-hydroxylation sites is 2. The first-order chi connectivity index (χ1) is 16.7. The van der Waals surface area contributed by atoms with Gasteiger partial charge in [0.15, 0.2) is 0 Å². The number of aryl methyl sites for hydroxylation is 1. The van der Waals surface area contributed by atoms with E-state index in [1.807, 2.05) is 30.3 Å². The zero-order chi connectivity index (χ0) is 23.8. The van der Waals surface area contributed by atoms with E-state index in [1.54, 1.807) is 7.11 Å². The molecule has 1 aromatic heterocycles.